The molecule has 0 fully saturated rings. The number of nitrogens with zero attached hydrogens (tertiary/aromatic N) is 3. The molecule has 1 aromatic rings. The molecule has 21 heavy (non-hydrogen) atoms. The first-order chi connectivity index (χ1) is 10.1. The van der Waals surface area contributed by atoms with E-state index in [-0.39, 0.29) is 12.4 Å². The van der Waals surface area contributed by atoms with Crippen LogP contribution in [0.25, 0.3) is 0 Å². The molecule has 0 unspecified atom stereocenters. The summed E-state index contributed by atoms with van der Waals surface area (Å²) in [7, 11) is 1.97. The van der Waals surface area contributed by atoms with E-state index in [1.54, 1.807) is 6.07 Å². The molecule has 5 heteroatoms. The molecule has 4 nitrogen and oxygen atoms in total. The average molecular weight is 290 g/mol. The standard InChI is InChI=1S/C16H23FN4/c1-4-6-9-21(3)16(19-5-2)20-12-14-10-13(11-18)7-8-15(14)17/h7-8,10H,4-6,9,12H2,1-3H3,(H,19,20). The third kappa shape index (κ3) is 5.42. The lowest BCUT2D eigenvalue weighted by Gasteiger charge is -2.21. The van der Waals surface area contributed by atoms with Crippen molar-refractivity contribution in [2.45, 2.75) is 33.2 Å². The van der Waals surface area contributed by atoms with Crippen LogP contribution in [0.5, 0.6) is 0 Å². The molecule has 0 amide bonds. The molecule has 1 rings (SSSR count). The molecule has 0 saturated heterocycles. The van der Waals surface area contributed by atoms with Gasteiger partial charge in [-0.1, -0.05) is 13.3 Å². The minimum atomic E-state index is -0.329. The van der Waals surface area contributed by atoms with E-state index >= 15 is 0 Å². The Morgan fingerprint density at radius 1 is 1.43 bits per heavy atom. The summed E-state index contributed by atoms with van der Waals surface area (Å²) in [5, 5.41) is 12.1. The van der Waals surface area contributed by atoms with Crippen LogP contribution >= 0.6 is 0 Å². The Hall–Kier alpha value is -2.09. The van der Waals surface area contributed by atoms with Crippen molar-refractivity contribution in [3.63, 3.8) is 0 Å². The molecule has 1 N–H and O–H groups in total. The second-order valence-electron chi connectivity index (χ2n) is 4.86. The number of aliphatic imine (C=N–C) groups is 1. The van der Waals surface area contributed by atoms with E-state index in [2.05, 4.69) is 17.2 Å². The van der Waals surface area contributed by atoms with Gasteiger partial charge in [0, 0.05) is 25.7 Å². The lowest BCUT2D eigenvalue weighted by atomic mass is 10.1. The third-order valence-corrected chi connectivity index (χ3v) is 3.12. The number of nitrogens with one attached hydrogen (secondary N) is 1. The molecule has 0 radical (unpaired) electrons. The third-order valence-electron chi connectivity index (χ3n) is 3.12. The van der Waals surface area contributed by atoms with Crippen LogP contribution in [0.15, 0.2) is 23.2 Å². The first-order valence-corrected chi connectivity index (χ1v) is 7.30. The number of rotatable bonds is 6. The second-order valence-corrected chi connectivity index (χ2v) is 4.86. The van der Waals surface area contributed by atoms with E-state index in [0.29, 0.717) is 11.1 Å². The minimum absolute atomic E-state index is 0.222. The highest BCUT2D eigenvalue weighted by molar-refractivity contribution is 5.79. The predicted molar refractivity (Wildman–Crippen MR) is 83.5 cm³/mol. The Balaban J connectivity index is 2.84. The van der Waals surface area contributed by atoms with Gasteiger partial charge in [-0.3, -0.25) is 0 Å². The van der Waals surface area contributed by atoms with Crippen LogP contribution in [-0.2, 0) is 6.54 Å². The molecule has 0 heterocycles. The summed E-state index contributed by atoms with van der Waals surface area (Å²) < 4.78 is 13.7. The van der Waals surface area contributed by atoms with Gasteiger partial charge in [0.25, 0.3) is 0 Å². The van der Waals surface area contributed by atoms with Crippen molar-refractivity contribution < 1.29 is 4.39 Å². The van der Waals surface area contributed by atoms with Gasteiger partial charge in [0.05, 0.1) is 18.2 Å². The highest BCUT2D eigenvalue weighted by Gasteiger charge is 2.07. The van der Waals surface area contributed by atoms with Gasteiger partial charge in [0.15, 0.2) is 5.96 Å². The minimum Gasteiger partial charge on any atom is -0.357 e. The zero-order valence-corrected chi connectivity index (χ0v) is 13.0. The van der Waals surface area contributed by atoms with Crippen LogP contribution in [0, 0.1) is 17.1 Å². The molecule has 0 atom stereocenters. The van der Waals surface area contributed by atoms with Crippen molar-refractivity contribution in [1.82, 2.24) is 10.2 Å². The van der Waals surface area contributed by atoms with E-state index in [4.69, 9.17) is 5.26 Å². The van der Waals surface area contributed by atoms with Crippen molar-refractivity contribution in [1.29, 1.82) is 5.26 Å². The van der Waals surface area contributed by atoms with Gasteiger partial charge >= 0.3 is 0 Å². The van der Waals surface area contributed by atoms with E-state index in [1.165, 1.54) is 12.1 Å². The lowest BCUT2D eigenvalue weighted by Crippen LogP contribution is -2.39. The van der Waals surface area contributed by atoms with Crippen molar-refractivity contribution >= 4 is 5.96 Å². The predicted octanol–water partition coefficient (Wildman–Crippen LogP) is 2.89. The fourth-order valence-corrected chi connectivity index (χ4v) is 1.90. The summed E-state index contributed by atoms with van der Waals surface area (Å²) >= 11 is 0. The fraction of sp³-hybridized carbons (Fsp3) is 0.500. The number of hydrogen-bond donors (Lipinski definition) is 1. The topological polar surface area (TPSA) is 51.4 Å². The normalized spacial score (nSPS) is 11.1. The Morgan fingerprint density at radius 3 is 2.81 bits per heavy atom. The Labute approximate surface area is 126 Å². The van der Waals surface area contributed by atoms with E-state index in [1.807, 2.05) is 24.9 Å². The highest BCUT2D eigenvalue weighted by atomic mass is 19.1. The molecule has 0 aliphatic carbocycles. The zero-order chi connectivity index (χ0) is 15.7. The first-order valence-electron chi connectivity index (χ1n) is 7.30. The molecule has 114 valence electrons. The van der Waals surface area contributed by atoms with Gasteiger partial charge in [-0.25, -0.2) is 9.38 Å². The average Bonchev–Trinajstić information content (AvgIpc) is 2.50. The molecule has 0 saturated carbocycles. The van der Waals surface area contributed by atoms with Crippen molar-refractivity contribution in [3.05, 3.63) is 35.1 Å². The second kappa shape index (κ2) is 8.96. The molecule has 0 spiro atoms. The van der Waals surface area contributed by atoms with Crippen molar-refractivity contribution in [3.8, 4) is 6.07 Å². The largest absolute Gasteiger partial charge is 0.357 e. The van der Waals surface area contributed by atoms with Gasteiger partial charge in [-0.05, 0) is 31.5 Å². The van der Waals surface area contributed by atoms with Gasteiger partial charge < -0.3 is 10.2 Å². The van der Waals surface area contributed by atoms with Crippen LogP contribution in [-0.4, -0.2) is 31.0 Å². The van der Waals surface area contributed by atoms with Crippen LogP contribution in [0.1, 0.15) is 37.8 Å². The summed E-state index contributed by atoms with van der Waals surface area (Å²) in [6, 6.07) is 6.36. The maximum Gasteiger partial charge on any atom is 0.193 e. The molecular weight excluding hydrogens is 267 g/mol. The lowest BCUT2D eigenvalue weighted by molar-refractivity contribution is 0.464. The number of benzene rings is 1. The van der Waals surface area contributed by atoms with Gasteiger partial charge in [-0.2, -0.15) is 5.26 Å². The molecule has 1 aromatic carbocycles. The summed E-state index contributed by atoms with van der Waals surface area (Å²) in [6.07, 6.45) is 2.20. The van der Waals surface area contributed by atoms with Crippen LogP contribution < -0.4 is 5.32 Å². The Morgan fingerprint density at radius 2 is 2.19 bits per heavy atom. The first kappa shape index (κ1) is 17.0. The number of hydrogen-bond acceptors (Lipinski definition) is 2. The van der Waals surface area contributed by atoms with Crippen LogP contribution in [0.3, 0.4) is 0 Å². The maximum atomic E-state index is 13.7. The van der Waals surface area contributed by atoms with Gasteiger partial charge in [-0.15, -0.1) is 0 Å². The van der Waals surface area contributed by atoms with E-state index in [0.717, 1.165) is 31.9 Å². The SMILES string of the molecule is CCCCN(C)C(=NCc1cc(C#N)ccc1F)NCC. The quantitative estimate of drug-likeness (QED) is 0.647. The van der Waals surface area contributed by atoms with E-state index in [9.17, 15) is 4.39 Å². The Kier molecular flexibility index (Phi) is 7.24. The number of unbranched alkanes of at least 4 members (excludes halogenated alkanes) is 1. The summed E-state index contributed by atoms with van der Waals surface area (Å²) in [4.78, 5) is 6.50. The molecule has 0 bridgehead atoms. The molecule has 0 aromatic heterocycles. The van der Waals surface area contributed by atoms with Crippen molar-refractivity contribution in [2.24, 2.45) is 4.99 Å². The number of halogens is 1. The smallest absolute Gasteiger partial charge is 0.193 e. The zero-order valence-electron chi connectivity index (χ0n) is 13.0. The van der Waals surface area contributed by atoms with Crippen LogP contribution in [0.4, 0.5) is 4.39 Å². The van der Waals surface area contributed by atoms with Crippen LogP contribution in [0.2, 0.25) is 0 Å². The summed E-state index contributed by atoms with van der Waals surface area (Å²) in [6.45, 7) is 6.03. The fourth-order valence-electron chi connectivity index (χ4n) is 1.90. The maximum absolute atomic E-state index is 13.7. The van der Waals surface area contributed by atoms with Gasteiger partial charge in [0.1, 0.15) is 5.82 Å². The summed E-state index contributed by atoms with van der Waals surface area (Å²) in [5.41, 5.74) is 0.888. The highest BCUT2D eigenvalue weighted by Crippen LogP contribution is 2.11. The molecule has 0 aliphatic heterocycles. The van der Waals surface area contributed by atoms with Crippen molar-refractivity contribution in [2.75, 3.05) is 20.1 Å². The Bertz CT molecular complexity index is 519. The number of guanidine groups is 1. The number of nitriles is 1. The molecular formula is C16H23FN4. The molecule has 0 aliphatic rings. The van der Waals surface area contributed by atoms with Gasteiger partial charge in [0.2, 0.25) is 0 Å². The monoisotopic (exact) mass is 290 g/mol. The van der Waals surface area contributed by atoms with E-state index < -0.39 is 0 Å². The summed E-state index contributed by atoms with van der Waals surface area (Å²) in [5.74, 6) is 0.428.